The van der Waals surface area contributed by atoms with Gasteiger partial charge in [-0.25, -0.2) is 0 Å². The first-order valence-corrected chi connectivity index (χ1v) is 8.52. The summed E-state index contributed by atoms with van der Waals surface area (Å²) in [5.74, 6) is 1.75. The molecule has 0 aliphatic carbocycles. The molecule has 2 aliphatic heterocycles. The lowest BCUT2D eigenvalue weighted by atomic mass is 9.81. The molecule has 0 aromatic heterocycles. The highest BCUT2D eigenvalue weighted by Gasteiger charge is 2.40. The molecule has 1 aromatic rings. The van der Waals surface area contributed by atoms with Crippen LogP contribution in [0.4, 0.5) is 0 Å². The Morgan fingerprint density at radius 1 is 1.25 bits per heavy atom. The van der Waals surface area contributed by atoms with E-state index in [1.54, 1.807) is 14.2 Å². The highest BCUT2D eigenvalue weighted by molar-refractivity contribution is 6.03. The maximum Gasteiger partial charge on any atom is 0.228 e. The number of fused-ring (bicyclic) bond motifs is 1. The summed E-state index contributed by atoms with van der Waals surface area (Å²) < 4.78 is 10.8. The van der Waals surface area contributed by atoms with Gasteiger partial charge in [-0.15, -0.1) is 0 Å². The van der Waals surface area contributed by atoms with Crippen molar-refractivity contribution in [2.75, 3.05) is 34.4 Å². The molecule has 0 radical (unpaired) electrons. The predicted octanol–water partition coefficient (Wildman–Crippen LogP) is 2.70. The monoisotopic (exact) mass is 330 g/mol. The van der Waals surface area contributed by atoms with Gasteiger partial charge in [0.25, 0.3) is 0 Å². The minimum absolute atomic E-state index is 0.256. The van der Waals surface area contributed by atoms with Crippen LogP contribution in [0.2, 0.25) is 0 Å². The summed E-state index contributed by atoms with van der Waals surface area (Å²) in [5, 5.41) is 0. The SMILES string of the molecule is COc1cc2c(cc1OC)C(CCC1(C)CCN(C)C1=O)=NCC2. The van der Waals surface area contributed by atoms with Crippen molar-refractivity contribution in [2.45, 2.75) is 32.6 Å². The number of benzene rings is 1. The van der Waals surface area contributed by atoms with E-state index in [4.69, 9.17) is 14.5 Å². The largest absolute Gasteiger partial charge is 0.493 e. The van der Waals surface area contributed by atoms with Gasteiger partial charge in [-0.1, -0.05) is 6.92 Å². The third-order valence-corrected chi connectivity index (χ3v) is 5.38. The van der Waals surface area contributed by atoms with Gasteiger partial charge in [-0.2, -0.15) is 0 Å². The summed E-state index contributed by atoms with van der Waals surface area (Å²) in [6, 6.07) is 4.08. The summed E-state index contributed by atoms with van der Waals surface area (Å²) >= 11 is 0. The van der Waals surface area contributed by atoms with Gasteiger partial charge in [-0.3, -0.25) is 9.79 Å². The number of ether oxygens (including phenoxy) is 2. The maximum atomic E-state index is 12.4. The molecule has 2 aliphatic rings. The molecule has 1 amide bonds. The Balaban J connectivity index is 1.81. The lowest BCUT2D eigenvalue weighted by Crippen LogP contribution is -2.30. The van der Waals surface area contributed by atoms with Gasteiger partial charge in [0.05, 0.1) is 14.2 Å². The highest BCUT2D eigenvalue weighted by Crippen LogP contribution is 2.37. The fourth-order valence-corrected chi connectivity index (χ4v) is 3.72. The standard InChI is InChI=1S/C19H26N2O3/c1-19(8-10-21(2)18(19)22)7-5-15-14-12-17(24-4)16(23-3)11-13(14)6-9-20-15/h11-12H,5-10H2,1-4H3. The predicted molar refractivity (Wildman–Crippen MR) is 94.2 cm³/mol. The normalized spacial score (nSPS) is 23.1. The number of hydrogen-bond donors (Lipinski definition) is 0. The molecule has 3 rings (SSSR count). The molecule has 1 aromatic carbocycles. The van der Waals surface area contributed by atoms with Crippen molar-refractivity contribution in [2.24, 2.45) is 10.4 Å². The topological polar surface area (TPSA) is 51.1 Å². The summed E-state index contributed by atoms with van der Waals surface area (Å²) in [6.07, 6.45) is 3.49. The molecular formula is C19H26N2O3. The molecule has 1 saturated heterocycles. The lowest BCUT2D eigenvalue weighted by molar-refractivity contribution is -0.134. The van der Waals surface area contributed by atoms with E-state index in [-0.39, 0.29) is 11.3 Å². The number of hydrogen-bond acceptors (Lipinski definition) is 4. The van der Waals surface area contributed by atoms with E-state index in [2.05, 4.69) is 13.0 Å². The molecule has 24 heavy (non-hydrogen) atoms. The first-order chi connectivity index (χ1) is 11.5. The van der Waals surface area contributed by atoms with E-state index >= 15 is 0 Å². The fourth-order valence-electron chi connectivity index (χ4n) is 3.72. The number of amides is 1. The Labute approximate surface area is 143 Å². The summed E-state index contributed by atoms with van der Waals surface area (Å²) in [5.41, 5.74) is 3.21. The number of likely N-dealkylation sites (tertiary alicyclic amines) is 1. The van der Waals surface area contributed by atoms with Crippen molar-refractivity contribution >= 4 is 11.6 Å². The zero-order valence-corrected chi connectivity index (χ0v) is 15.0. The second-order valence-electron chi connectivity index (χ2n) is 6.98. The van der Waals surface area contributed by atoms with Gasteiger partial charge in [0.15, 0.2) is 11.5 Å². The van der Waals surface area contributed by atoms with Crippen molar-refractivity contribution in [3.63, 3.8) is 0 Å². The Morgan fingerprint density at radius 3 is 2.58 bits per heavy atom. The minimum Gasteiger partial charge on any atom is -0.493 e. The summed E-state index contributed by atoms with van der Waals surface area (Å²) in [4.78, 5) is 18.9. The molecule has 0 N–H and O–H groups in total. The maximum absolute atomic E-state index is 12.4. The molecule has 1 atom stereocenters. The van der Waals surface area contributed by atoms with Crippen molar-refractivity contribution in [3.8, 4) is 11.5 Å². The van der Waals surface area contributed by atoms with Crippen molar-refractivity contribution < 1.29 is 14.3 Å². The van der Waals surface area contributed by atoms with Gasteiger partial charge in [0.2, 0.25) is 5.91 Å². The number of nitrogens with zero attached hydrogens (tertiary/aromatic N) is 2. The van der Waals surface area contributed by atoms with E-state index in [0.717, 1.165) is 61.5 Å². The van der Waals surface area contributed by atoms with Crippen LogP contribution in [0.25, 0.3) is 0 Å². The number of carbonyl (C=O) groups is 1. The van der Waals surface area contributed by atoms with Crippen molar-refractivity contribution in [1.29, 1.82) is 0 Å². The quantitative estimate of drug-likeness (QED) is 0.834. The minimum atomic E-state index is -0.258. The third-order valence-electron chi connectivity index (χ3n) is 5.38. The van der Waals surface area contributed by atoms with Crippen LogP contribution < -0.4 is 9.47 Å². The van der Waals surface area contributed by atoms with Crippen LogP contribution in [0.15, 0.2) is 17.1 Å². The third kappa shape index (κ3) is 2.87. The Kier molecular flexibility index (Phi) is 4.52. The van der Waals surface area contributed by atoms with Gasteiger partial charge in [0.1, 0.15) is 0 Å². The van der Waals surface area contributed by atoms with E-state index < -0.39 is 0 Å². The molecule has 5 nitrogen and oxygen atoms in total. The Hall–Kier alpha value is -2.04. The molecule has 0 saturated carbocycles. The van der Waals surface area contributed by atoms with Crippen molar-refractivity contribution in [1.82, 2.24) is 4.90 Å². The van der Waals surface area contributed by atoms with Crippen LogP contribution in [0.5, 0.6) is 11.5 Å². The number of carbonyl (C=O) groups excluding carboxylic acids is 1. The molecule has 0 spiro atoms. The molecule has 1 fully saturated rings. The summed E-state index contributed by atoms with van der Waals surface area (Å²) in [7, 11) is 5.20. The van der Waals surface area contributed by atoms with Gasteiger partial charge >= 0.3 is 0 Å². The second-order valence-corrected chi connectivity index (χ2v) is 6.98. The Morgan fingerprint density at radius 2 is 1.96 bits per heavy atom. The van der Waals surface area contributed by atoms with Crippen LogP contribution in [-0.2, 0) is 11.2 Å². The number of aliphatic imine (C=N–C) groups is 1. The van der Waals surface area contributed by atoms with Crippen LogP contribution >= 0.6 is 0 Å². The zero-order chi connectivity index (χ0) is 17.3. The van der Waals surface area contributed by atoms with Gasteiger partial charge < -0.3 is 14.4 Å². The fraction of sp³-hybridized carbons (Fsp3) is 0.579. The van der Waals surface area contributed by atoms with E-state index in [1.807, 2.05) is 18.0 Å². The molecule has 130 valence electrons. The second kappa shape index (κ2) is 6.46. The average molecular weight is 330 g/mol. The smallest absolute Gasteiger partial charge is 0.228 e. The summed E-state index contributed by atoms with van der Waals surface area (Å²) in [6.45, 7) is 3.73. The van der Waals surface area contributed by atoms with Crippen LogP contribution in [0.3, 0.4) is 0 Å². The van der Waals surface area contributed by atoms with E-state index in [1.165, 1.54) is 5.56 Å². The first kappa shape index (κ1) is 16.8. The lowest BCUT2D eigenvalue weighted by Gasteiger charge is -2.24. The van der Waals surface area contributed by atoms with Gasteiger partial charge in [0, 0.05) is 36.8 Å². The first-order valence-electron chi connectivity index (χ1n) is 8.52. The molecule has 1 unspecified atom stereocenters. The molecule has 5 heteroatoms. The van der Waals surface area contributed by atoms with Crippen LogP contribution in [-0.4, -0.2) is 50.9 Å². The zero-order valence-electron chi connectivity index (χ0n) is 15.0. The van der Waals surface area contributed by atoms with Crippen LogP contribution in [0.1, 0.15) is 37.3 Å². The van der Waals surface area contributed by atoms with Gasteiger partial charge in [-0.05, 0) is 43.4 Å². The molecular weight excluding hydrogens is 304 g/mol. The molecule has 2 heterocycles. The highest BCUT2D eigenvalue weighted by atomic mass is 16.5. The van der Waals surface area contributed by atoms with Crippen molar-refractivity contribution in [3.05, 3.63) is 23.3 Å². The Bertz CT molecular complexity index is 683. The van der Waals surface area contributed by atoms with Crippen LogP contribution in [0, 0.1) is 5.41 Å². The molecule has 0 bridgehead atoms. The average Bonchev–Trinajstić information content (AvgIpc) is 2.86. The number of methoxy groups -OCH3 is 2. The number of rotatable bonds is 5. The van der Waals surface area contributed by atoms with E-state index in [9.17, 15) is 4.79 Å². The van der Waals surface area contributed by atoms with E-state index in [0.29, 0.717) is 0 Å².